The summed E-state index contributed by atoms with van der Waals surface area (Å²) in [5.74, 6) is 0.734. The highest BCUT2D eigenvalue weighted by atomic mass is 14.1. The normalized spacial score (nSPS) is 24.2. The molecule has 1 aliphatic carbocycles. The summed E-state index contributed by atoms with van der Waals surface area (Å²) in [5.41, 5.74) is 0. The molecule has 1 unspecified atom stereocenters. The number of hydrogen-bond donors (Lipinski definition) is 0. The summed E-state index contributed by atoms with van der Waals surface area (Å²) >= 11 is 0. The molecule has 0 heteroatoms. The van der Waals surface area contributed by atoms with Gasteiger partial charge in [-0.05, 0) is 38.5 Å². The van der Waals surface area contributed by atoms with Crippen LogP contribution in [0.1, 0.15) is 32.6 Å². The molecule has 0 aromatic carbocycles. The van der Waals surface area contributed by atoms with Crippen molar-refractivity contribution in [1.82, 2.24) is 0 Å². The van der Waals surface area contributed by atoms with Crippen LogP contribution in [0, 0.1) is 5.92 Å². The Morgan fingerprint density at radius 2 is 2.08 bits per heavy atom. The third kappa shape index (κ3) is 3.56. The second-order valence-electron chi connectivity index (χ2n) is 3.28. The molecule has 0 aromatic heterocycles. The zero-order valence-corrected chi connectivity index (χ0v) is 7.87. The molecule has 0 fully saturated rings. The van der Waals surface area contributed by atoms with E-state index in [9.17, 15) is 0 Å². The summed E-state index contributed by atoms with van der Waals surface area (Å²) in [5, 5.41) is 0. The van der Waals surface area contributed by atoms with E-state index in [-0.39, 0.29) is 0 Å². The molecule has 0 saturated carbocycles. The highest BCUT2D eigenvalue weighted by Gasteiger charge is 2.00. The number of rotatable bonds is 2. The summed E-state index contributed by atoms with van der Waals surface area (Å²) in [6, 6.07) is 0. The summed E-state index contributed by atoms with van der Waals surface area (Å²) < 4.78 is 0. The molecule has 12 heavy (non-hydrogen) atoms. The van der Waals surface area contributed by atoms with Crippen molar-refractivity contribution in [2.24, 2.45) is 5.92 Å². The van der Waals surface area contributed by atoms with Crippen LogP contribution >= 0.6 is 0 Å². The molecule has 0 aromatic rings. The summed E-state index contributed by atoms with van der Waals surface area (Å²) in [6.07, 6.45) is 18.5. The number of hydrogen-bond acceptors (Lipinski definition) is 0. The van der Waals surface area contributed by atoms with Gasteiger partial charge in [0.1, 0.15) is 0 Å². The zero-order valence-electron chi connectivity index (χ0n) is 7.87. The van der Waals surface area contributed by atoms with Crippen molar-refractivity contribution in [3.8, 4) is 0 Å². The maximum atomic E-state index is 2.36. The molecule has 66 valence electrons. The second kappa shape index (κ2) is 5.82. The largest absolute Gasteiger partial charge is 0.0916 e. The van der Waals surface area contributed by atoms with Gasteiger partial charge in [-0.3, -0.25) is 0 Å². The van der Waals surface area contributed by atoms with Gasteiger partial charge >= 0.3 is 0 Å². The van der Waals surface area contributed by atoms with E-state index in [4.69, 9.17) is 0 Å². The lowest BCUT2D eigenvalue weighted by Gasteiger charge is -2.08. The minimum absolute atomic E-state index is 0.734. The Bertz CT molecular complexity index is 182. The van der Waals surface area contributed by atoms with Crippen molar-refractivity contribution in [2.45, 2.75) is 32.6 Å². The van der Waals surface area contributed by atoms with Gasteiger partial charge in [-0.15, -0.1) is 0 Å². The summed E-state index contributed by atoms with van der Waals surface area (Å²) in [6.45, 7) is 2.09. The smallest absolute Gasteiger partial charge is 0.0164 e. The monoisotopic (exact) mass is 162 g/mol. The van der Waals surface area contributed by atoms with Gasteiger partial charge < -0.3 is 0 Å². The SMILES string of the molecule is CC=CCC1C=CCCC=CC1. The van der Waals surface area contributed by atoms with Gasteiger partial charge in [-0.25, -0.2) is 0 Å². The summed E-state index contributed by atoms with van der Waals surface area (Å²) in [4.78, 5) is 0. The van der Waals surface area contributed by atoms with E-state index >= 15 is 0 Å². The Labute approximate surface area is 75.7 Å². The lowest BCUT2D eigenvalue weighted by Crippen LogP contribution is -1.93. The zero-order chi connectivity index (χ0) is 8.65. The first kappa shape index (κ1) is 9.31. The van der Waals surface area contributed by atoms with E-state index < -0.39 is 0 Å². The van der Waals surface area contributed by atoms with Crippen molar-refractivity contribution in [1.29, 1.82) is 0 Å². The Balaban J connectivity index is 2.39. The molecule has 1 rings (SSSR count). The number of allylic oxidation sites excluding steroid dienone is 6. The van der Waals surface area contributed by atoms with Crippen molar-refractivity contribution in [2.75, 3.05) is 0 Å². The molecule has 0 nitrogen and oxygen atoms in total. The Hall–Kier alpha value is -0.780. The summed E-state index contributed by atoms with van der Waals surface area (Å²) in [7, 11) is 0. The first-order valence-corrected chi connectivity index (χ1v) is 4.86. The highest BCUT2D eigenvalue weighted by molar-refractivity contribution is 5.00. The molecule has 0 heterocycles. The Morgan fingerprint density at radius 3 is 2.92 bits per heavy atom. The van der Waals surface area contributed by atoms with E-state index in [1.54, 1.807) is 0 Å². The molecule has 1 atom stereocenters. The fraction of sp³-hybridized carbons (Fsp3) is 0.500. The molecule has 0 saturated heterocycles. The van der Waals surface area contributed by atoms with Gasteiger partial charge in [0.2, 0.25) is 0 Å². The molecular formula is C12H18. The third-order valence-corrected chi connectivity index (χ3v) is 2.19. The van der Waals surface area contributed by atoms with Crippen LogP contribution in [-0.2, 0) is 0 Å². The van der Waals surface area contributed by atoms with Crippen molar-refractivity contribution in [3.05, 3.63) is 36.5 Å². The van der Waals surface area contributed by atoms with Crippen molar-refractivity contribution in [3.63, 3.8) is 0 Å². The molecule has 0 N–H and O–H groups in total. The minimum Gasteiger partial charge on any atom is -0.0916 e. The molecule has 0 radical (unpaired) electrons. The second-order valence-corrected chi connectivity index (χ2v) is 3.28. The van der Waals surface area contributed by atoms with Gasteiger partial charge in [0.15, 0.2) is 0 Å². The predicted molar refractivity (Wildman–Crippen MR) is 55.1 cm³/mol. The van der Waals surface area contributed by atoms with Crippen LogP contribution in [0.25, 0.3) is 0 Å². The predicted octanol–water partition coefficient (Wildman–Crippen LogP) is 3.87. The average Bonchev–Trinajstić information content (AvgIpc) is 2.02. The highest BCUT2D eigenvalue weighted by Crippen LogP contribution is 2.15. The van der Waals surface area contributed by atoms with Gasteiger partial charge in [-0.2, -0.15) is 0 Å². The first-order chi connectivity index (χ1) is 5.93. The van der Waals surface area contributed by atoms with Crippen LogP contribution in [0.5, 0.6) is 0 Å². The van der Waals surface area contributed by atoms with Gasteiger partial charge in [-0.1, -0.05) is 36.5 Å². The van der Waals surface area contributed by atoms with Crippen molar-refractivity contribution < 1.29 is 0 Å². The van der Waals surface area contributed by atoms with Crippen LogP contribution in [0.15, 0.2) is 36.5 Å². The van der Waals surface area contributed by atoms with E-state index in [0.29, 0.717) is 0 Å². The quantitative estimate of drug-likeness (QED) is 0.541. The molecule has 0 spiro atoms. The minimum atomic E-state index is 0.734. The molecule has 0 bridgehead atoms. The first-order valence-electron chi connectivity index (χ1n) is 4.86. The lowest BCUT2D eigenvalue weighted by atomic mass is 9.98. The van der Waals surface area contributed by atoms with Crippen LogP contribution < -0.4 is 0 Å². The van der Waals surface area contributed by atoms with Crippen LogP contribution in [-0.4, -0.2) is 0 Å². The van der Waals surface area contributed by atoms with Crippen LogP contribution in [0.2, 0.25) is 0 Å². The third-order valence-electron chi connectivity index (χ3n) is 2.19. The topological polar surface area (TPSA) is 0 Å². The fourth-order valence-electron chi connectivity index (χ4n) is 1.43. The van der Waals surface area contributed by atoms with E-state index in [0.717, 1.165) is 5.92 Å². The van der Waals surface area contributed by atoms with E-state index in [2.05, 4.69) is 43.4 Å². The molecular weight excluding hydrogens is 144 g/mol. The van der Waals surface area contributed by atoms with Gasteiger partial charge in [0, 0.05) is 0 Å². The lowest BCUT2D eigenvalue weighted by molar-refractivity contribution is 0.665. The van der Waals surface area contributed by atoms with E-state index in [1.807, 2.05) is 0 Å². The molecule has 1 aliphatic rings. The Morgan fingerprint density at radius 1 is 1.25 bits per heavy atom. The van der Waals surface area contributed by atoms with Crippen LogP contribution in [0.3, 0.4) is 0 Å². The van der Waals surface area contributed by atoms with Crippen LogP contribution in [0.4, 0.5) is 0 Å². The maximum absolute atomic E-state index is 2.36. The van der Waals surface area contributed by atoms with Gasteiger partial charge in [0.05, 0.1) is 0 Å². The van der Waals surface area contributed by atoms with Gasteiger partial charge in [0.25, 0.3) is 0 Å². The van der Waals surface area contributed by atoms with E-state index in [1.165, 1.54) is 25.7 Å². The standard InChI is InChI=1S/C12H18/c1-2-3-9-12-10-7-5-4-6-8-11-12/h2-3,5,7-8,11-12H,4,6,9-10H2,1H3. The molecule has 0 aliphatic heterocycles. The average molecular weight is 162 g/mol. The van der Waals surface area contributed by atoms with Crippen molar-refractivity contribution >= 4 is 0 Å². The maximum Gasteiger partial charge on any atom is -0.0164 e. The Kier molecular flexibility index (Phi) is 4.51. The fourth-order valence-corrected chi connectivity index (χ4v) is 1.43. The molecule has 0 amide bonds.